The molecule has 0 bridgehead atoms. The summed E-state index contributed by atoms with van der Waals surface area (Å²) in [5.74, 6) is 1.14. The summed E-state index contributed by atoms with van der Waals surface area (Å²) in [6.07, 6.45) is 3.40. The molecule has 3 heteroatoms. The second kappa shape index (κ2) is 5.19. The summed E-state index contributed by atoms with van der Waals surface area (Å²) >= 11 is 3.55. The zero-order valence-electron chi connectivity index (χ0n) is 9.59. The Bertz CT molecular complexity index is 349. The number of hydrogen-bond donors (Lipinski definition) is 2. The van der Waals surface area contributed by atoms with E-state index in [1.807, 2.05) is 13.0 Å². The van der Waals surface area contributed by atoms with E-state index < -0.39 is 0 Å². The lowest BCUT2D eigenvalue weighted by atomic mass is 9.90. The van der Waals surface area contributed by atoms with Gasteiger partial charge in [-0.25, -0.2) is 0 Å². The monoisotopic (exact) mass is 283 g/mol. The normalized spacial score (nSPS) is 17.6. The topological polar surface area (TPSA) is 32.3 Å². The van der Waals surface area contributed by atoms with Crippen molar-refractivity contribution in [3.63, 3.8) is 0 Å². The van der Waals surface area contributed by atoms with Gasteiger partial charge < -0.3 is 10.4 Å². The van der Waals surface area contributed by atoms with Gasteiger partial charge in [-0.3, -0.25) is 0 Å². The molecule has 1 aromatic rings. The summed E-state index contributed by atoms with van der Waals surface area (Å²) in [6, 6.07) is 3.93. The smallest absolute Gasteiger partial charge is 0.120 e. The molecule has 0 aromatic heterocycles. The Morgan fingerprint density at radius 3 is 2.69 bits per heavy atom. The predicted octanol–water partition coefficient (Wildman–Crippen LogP) is 3.01. The number of halogens is 1. The van der Waals surface area contributed by atoms with Gasteiger partial charge in [-0.1, -0.05) is 15.9 Å². The quantitative estimate of drug-likeness (QED) is 0.875. The van der Waals surface area contributed by atoms with Crippen LogP contribution in [0.5, 0.6) is 5.75 Å². The van der Waals surface area contributed by atoms with E-state index in [-0.39, 0.29) is 0 Å². The molecule has 2 N–H and O–H groups in total. The van der Waals surface area contributed by atoms with E-state index in [9.17, 15) is 5.11 Å². The van der Waals surface area contributed by atoms with Crippen LogP contribution in [0, 0.1) is 12.8 Å². The summed E-state index contributed by atoms with van der Waals surface area (Å²) in [4.78, 5) is 0. The highest BCUT2D eigenvalue weighted by molar-refractivity contribution is 9.10. The molecule has 0 unspecified atom stereocenters. The number of rotatable bonds is 2. The minimum absolute atomic E-state index is 0.436. The highest BCUT2D eigenvalue weighted by Crippen LogP contribution is 2.31. The second-order valence-corrected chi connectivity index (χ2v) is 5.50. The highest BCUT2D eigenvalue weighted by Gasteiger charge is 2.17. The van der Waals surface area contributed by atoms with E-state index in [0.717, 1.165) is 35.1 Å². The lowest BCUT2D eigenvalue weighted by Gasteiger charge is -2.23. The van der Waals surface area contributed by atoms with Gasteiger partial charge in [0.15, 0.2) is 0 Å². The molecule has 88 valence electrons. The zero-order chi connectivity index (χ0) is 11.5. The number of phenols is 1. The fourth-order valence-corrected chi connectivity index (χ4v) is 3.06. The standard InChI is InChI=1S/C13H18BrNO/c1-9-6-12(14)11(13(16)7-9)8-10-2-4-15-5-3-10/h6-7,10,15-16H,2-5,8H2,1H3. The van der Waals surface area contributed by atoms with Crippen LogP contribution in [-0.4, -0.2) is 18.2 Å². The van der Waals surface area contributed by atoms with Crippen molar-refractivity contribution in [2.45, 2.75) is 26.2 Å². The van der Waals surface area contributed by atoms with Crippen LogP contribution in [0.4, 0.5) is 0 Å². The first-order chi connectivity index (χ1) is 7.66. The maximum absolute atomic E-state index is 9.96. The fraction of sp³-hybridized carbons (Fsp3) is 0.538. The number of aromatic hydroxyl groups is 1. The average Bonchev–Trinajstić information content (AvgIpc) is 2.25. The third-order valence-corrected chi connectivity index (χ3v) is 3.98. The van der Waals surface area contributed by atoms with Crippen molar-refractivity contribution in [3.8, 4) is 5.75 Å². The van der Waals surface area contributed by atoms with Crippen LogP contribution >= 0.6 is 15.9 Å². The Morgan fingerprint density at radius 2 is 2.06 bits per heavy atom. The average molecular weight is 284 g/mol. The van der Waals surface area contributed by atoms with Crippen molar-refractivity contribution in [1.82, 2.24) is 5.32 Å². The lowest BCUT2D eigenvalue weighted by Crippen LogP contribution is -2.28. The van der Waals surface area contributed by atoms with Crippen molar-refractivity contribution in [2.75, 3.05) is 13.1 Å². The number of hydrogen-bond acceptors (Lipinski definition) is 2. The summed E-state index contributed by atoms with van der Waals surface area (Å²) in [5.41, 5.74) is 2.16. The molecule has 0 radical (unpaired) electrons. The molecule has 2 rings (SSSR count). The molecular weight excluding hydrogens is 266 g/mol. The molecule has 1 fully saturated rings. The van der Waals surface area contributed by atoms with Crippen molar-refractivity contribution >= 4 is 15.9 Å². The van der Waals surface area contributed by atoms with Gasteiger partial charge in [0.05, 0.1) is 0 Å². The van der Waals surface area contributed by atoms with E-state index in [0.29, 0.717) is 11.7 Å². The maximum Gasteiger partial charge on any atom is 0.120 e. The Hall–Kier alpha value is -0.540. The molecule has 0 spiro atoms. The van der Waals surface area contributed by atoms with Crippen LogP contribution in [0.15, 0.2) is 16.6 Å². The first kappa shape index (κ1) is 11.9. The van der Waals surface area contributed by atoms with Gasteiger partial charge in [0.1, 0.15) is 5.75 Å². The lowest BCUT2D eigenvalue weighted by molar-refractivity contribution is 0.366. The van der Waals surface area contributed by atoms with Gasteiger partial charge in [0.2, 0.25) is 0 Å². The van der Waals surface area contributed by atoms with Gasteiger partial charge >= 0.3 is 0 Å². The minimum Gasteiger partial charge on any atom is -0.508 e. The van der Waals surface area contributed by atoms with Crippen molar-refractivity contribution < 1.29 is 5.11 Å². The van der Waals surface area contributed by atoms with Crippen LogP contribution in [-0.2, 0) is 6.42 Å². The first-order valence-electron chi connectivity index (χ1n) is 5.85. The molecular formula is C13H18BrNO. The van der Waals surface area contributed by atoms with E-state index in [1.165, 1.54) is 12.8 Å². The number of piperidine rings is 1. The van der Waals surface area contributed by atoms with Crippen molar-refractivity contribution in [3.05, 3.63) is 27.7 Å². The number of benzene rings is 1. The van der Waals surface area contributed by atoms with E-state index in [2.05, 4.69) is 27.3 Å². The number of nitrogens with one attached hydrogen (secondary N) is 1. The third kappa shape index (κ3) is 2.77. The maximum atomic E-state index is 9.96. The first-order valence-corrected chi connectivity index (χ1v) is 6.65. The molecule has 0 atom stereocenters. The van der Waals surface area contributed by atoms with Crippen LogP contribution < -0.4 is 5.32 Å². The number of aryl methyl sites for hydroxylation is 1. The third-order valence-electron chi connectivity index (χ3n) is 3.27. The molecule has 1 aliphatic rings. The van der Waals surface area contributed by atoms with Gasteiger partial charge in [-0.15, -0.1) is 0 Å². The Morgan fingerprint density at radius 1 is 1.38 bits per heavy atom. The Labute approximate surface area is 105 Å². The van der Waals surface area contributed by atoms with Crippen molar-refractivity contribution in [1.29, 1.82) is 0 Å². The number of phenolic OH excluding ortho intramolecular Hbond substituents is 1. The Kier molecular flexibility index (Phi) is 3.87. The Balaban J connectivity index is 2.14. The fourth-order valence-electron chi connectivity index (χ4n) is 2.33. The van der Waals surface area contributed by atoms with Crippen LogP contribution in [0.2, 0.25) is 0 Å². The second-order valence-electron chi connectivity index (χ2n) is 4.64. The van der Waals surface area contributed by atoms with Gasteiger partial charge in [0.25, 0.3) is 0 Å². The SMILES string of the molecule is Cc1cc(O)c(CC2CCNCC2)c(Br)c1. The van der Waals surface area contributed by atoms with Crippen LogP contribution in [0.3, 0.4) is 0 Å². The molecule has 1 aromatic carbocycles. The molecule has 1 aliphatic heterocycles. The van der Waals surface area contributed by atoms with Crippen LogP contribution in [0.1, 0.15) is 24.0 Å². The van der Waals surface area contributed by atoms with Gasteiger partial charge in [0, 0.05) is 10.0 Å². The largest absolute Gasteiger partial charge is 0.508 e. The van der Waals surface area contributed by atoms with E-state index in [4.69, 9.17) is 0 Å². The van der Waals surface area contributed by atoms with E-state index >= 15 is 0 Å². The molecule has 16 heavy (non-hydrogen) atoms. The van der Waals surface area contributed by atoms with Gasteiger partial charge in [-0.05, 0) is 62.9 Å². The summed E-state index contributed by atoms with van der Waals surface area (Å²) < 4.78 is 1.04. The molecule has 2 nitrogen and oxygen atoms in total. The van der Waals surface area contributed by atoms with Gasteiger partial charge in [-0.2, -0.15) is 0 Å². The van der Waals surface area contributed by atoms with Crippen LogP contribution in [0.25, 0.3) is 0 Å². The molecule has 1 saturated heterocycles. The minimum atomic E-state index is 0.436. The molecule has 0 aliphatic carbocycles. The summed E-state index contributed by atoms with van der Waals surface area (Å²) in [6.45, 7) is 4.21. The molecule has 1 heterocycles. The van der Waals surface area contributed by atoms with Crippen molar-refractivity contribution in [2.24, 2.45) is 5.92 Å². The van der Waals surface area contributed by atoms with E-state index in [1.54, 1.807) is 0 Å². The molecule has 0 amide bonds. The predicted molar refractivity (Wildman–Crippen MR) is 69.8 cm³/mol. The highest BCUT2D eigenvalue weighted by atomic mass is 79.9. The summed E-state index contributed by atoms with van der Waals surface area (Å²) in [7, 11) is 0. The zero-order valence-corrected chi connectivity index (χ0v) is 11.2. The molecule has 0 saturated carbocycles. The summed E-state index contributed by atoms with van der Waals surface area (Å²) in [5, 5.41) is 13.3.